The van der Waals surface area contributed by atoms with E-state index >= 15 is 0 Å². The predicted molar refractivity (Wildman–Crippen MR) is 70.5 cm³/mol. The lowest BCUT2D eigenvalue weighted by Gasteiger charge is -2.21. The van der Waals surface area contributed by atoms with Crippen molar-refractivity contribution in [3.8, 4) is 6.07 Å². The Balaban J connectivity index is 2.84. The number of carbonyl (C=O) groups is 1. The van der Waals surface area contributed by atoms with Crippen LogP contribution in [0.5, 0.6) is 0 Å². The number of halogens is 1. The van der Waals surface area contributed by atoms with Crippen LogP contribution in [-0.2, 0) is 4.79 Å². The minimum Gasteiger partial charge on any atom is -0.359 e. The molecular weight excluding hydrogens is 252 g/mol. The predicted octanol–water partition coefficient (Wildman–Crippen LogP) is 1.42. The van der Waals surface area contributed by atoms with Crippen molar-refractivity contribution in [1.29, 1.82) is 5.26 Å². The molecule has 1 amide bonds. The largest absolute Gasteiger partial charge is 0.359 e. The van der Waals surface area contributed by atoms with Gasteiger partial charge in [-0.15, -0.1) is 0 Å². The van der Waals surface area contributed by atoms with Crippen LogP contribution in [0, 0.1) is 17.2 Å². The lowest BCUT2D eigenvalue weighted by Crippen LogP contribution is -2.34. The van der Waals surface area contributed by atoms with E-state index < -0.39 is 0 Å². The summed E-state index contributed by atoms with van der Waals surface area (Å²) in [6, 6.07) is 5.16. The second-order valence-electron chi connectivity index (χ2n) is 4.04. The Morgan fingerprint density at radius 2 is 2.33 bits per heavy atom. The highest BCUT2D eigenvalue weighted by Gasteiger charge is 2.15. The number of anilines is 1. The molecule has 0 aliphatic carbocycles. The van der Waals surface area contributed by atoms with Crippen molar-refractivity contribution in [2.24, 2.45) is 5.92 Å². The van der Waals surface area contributed by atoms with E-state index in [1.54, 1.807) is 25.1 Å². The Morgan fingerprint density at radius 3 is 2.89 bits per heavy atom. The van der Waals surface area contributed by atoms with Crippen molar-refractivity contribution in [3.63, 3.8) is 0 Å². The fourth-order valence-electron chi connectivity index (χ4n) is 1.58. The van der Waals surface area contributed by atoms with Crippen molar-refractivity contribution in [2.45, 2.75) is 6.92 Å². The molecule has 1 aromatic rings. The number of hydrogen-bond acceptors (Lipinski definition) is 4. The maximum absolute atomic E-state index is 11.4. The topological polar surface area (TPSA) is 69.0 Å². The van der Waals surface area contributed by atoms with Gasteiger partial charge in [0, 0.05) is 20.6 Å². The third kappa shape index (κ3) is 3.60. The van der Waals surface area contributed by atoms with E-state index in [0.717, 1.165) is 0 Å². The Hall–Kier alpha value is -1.80. The number of hydrogen-bond donors (Lipinski definition) is 1. The molecule has 5 nitrogen and oxygen atoms in total. The van der Waals surface area contributed by atoms with E-state index in [9.17, 15) is 4.79 Å². The van der Waals surface area contributed by atoms with Crippen molar-refractivity contribution >= 4 is 23.3 Å². The quantitative estimate of drug-likeness (QED) is 0.837. The molecule has 0 saturated heterocycles. The van der Waals surface area contributed by atoms with Gasteiger partial charge in [0.25, 0.3) is 0 Å². The average Bonchev–Trinajstić information content (AvgIpc) is 2.36. The molecule has 1 N–H and O–H groups in total. The molecule has 0 aliphatic heterocycles. The van der Waals surface area contributed by atoms with Crippen LogP contribution in [-0.4, -0.2) is 31.5 Å². The van der Waals surface area contributed by atoms with Gasteiger partial charge in [0.15, 0.2) is 0 Å². The first-order valence-corrected chi connectivity index (χ1v) is 5.86. The van der Waals surface area contributed by atoms with Crippen molar-refractivity contribution in [2.75, 3.05) is 25.5 Å². The molecule has 0 aromatic carbocycles. The molecule has 1 aromatic heterocycles. The highest BCUT2D eigenvalue weighted by molar-refractivity contribution is 6.29. The van der Waals surface area contributed by atoms with E-state index in [4.69, 9.17) is 16.9 Å². The number of nitriles is 1. The lowest BCUT2D eigenvalue weighted by atomic mass is 10.1. The number of amides is 1. The zero-order valence-electron chi connectivity index (χ0n) is 10.6. The van der Waals surface area contributed by atoms with E-state index in [1.165, 1.54) is 6.07 Å². The molecule has 18 heavy (non-hydrogen) atoms. The Morgan fingerprint density at radius 1 is 1.67 bits per heavy atom. The van der Waals surface area contributed by atoms with Crippen molar-refractivity contribution in [3.05, 3.63) is 22.8 Å². The van der Waals surface area contributed by atoms with Crippen molar-refractivity contribution in [1.82, 2.24) is 10.3 Å². The maximum atomic E-state index is 11.4. The molecule has 96 valence electrons. The van der Waals surface area contributed by atoms with Crippen LogP contribution in [0.15, 0.2) is 12.1 Å². The lowest BCUT2D eigenvalue weighted by molar-refractivity contribution is -0.123. The van der Waals surface area contributed by atoms with E-state index in [2.05, 4.69) is 10.3 Å². The summed E-state index contributed by atoms with van der Waals surface area (Å²) < 4.78 is 0. The van der Waals surface area contributed by atoms with Gasteiger partial charge in [0.05, 0.1) is 17.6 Å². The van der Waals surface area contributed by atoms with Gasteiger partial charge in [-0.2, -0.15) is 5.26 Å². The van der Waals surface area contributed by atoms with E-state index in [1.807, 2.05) is 13.0 Å². The van der Waals surface area contributed by atoms with Crippen LogP contribution < -0.4 is 10.2 Å². The molecule has 1 heterocycles. The van der Waals surface area contributed by atoms with Gasteiger partial charge in [-0.1, -0.05) is 18.5 Å². The fraction of sp³-hybridized carbons (Fsp3) is 0.417. The normalized spacial score (nSPS) is 11.5. The van der Waals surface area contributed by atoms with Gasteiger partial charge in [-0.3, -0.25) is 4.79 Å². The molecule has 0 radical (unpaired) electrons. The fourth-order valence-corrected chi connectivity index (χ4v) is 1.78. The van der Waals surface area contributed by atoms with Crippen LogP contribution in [0.4, 0.5) is 5.82 Å². The maximum Gasteiger partial charge on any atom is 0.224 e. The molecule has 0 spiro atoms. The number of nitrogens with one attached hydrogen (secondary N) is 1. The summed E-state index contributed by atoms with van der Waals surface area (Å²) in [4.78, 5) is 17.4. The third-order valence-electron chi connectivity index (χ3n) is 2.54. The summed E-state index contributed by atoms with van der Waals surface area (Å²) in [5, 5.41) is 11.7. The standard InChI is InChI=1S/C12H15ClN4O/c1-8(12(18)15-2)7-17(3)11-5-9(6-14)4-10(13)16-11/h4-5,8H,7H2,1-3H3,(H,15,18). The number of carbonyl (C=O) groups excluding carboxylic acids is 1. The van der Waals surface area contributed by atoms with Gasteiger partial charge >= 0.3 is 0 Å². The van der Waals surface area contributed by atoms with Crippen LogP contribution in [0.2, 0.25) is 5.15 Å². The number of aromatic nitrogens is 1. The van der Waals surface area contributed by atoms with Crippen LogP contribution in [0.25, 0.3) is 0 Å². The summed E-state index contributed by atoms with van der Waals surface area (Å²) in [7, 11) is 3.41. The SMILES string of the molecule is CNC(=O)C(C)CN(C)c1cc(C#N)cc(Cl)n1. The molecule has 1 atom stereocenters. The van der Waals surface area contributed by atoms with Gasteiger partial charge in [-0.25, -0.2) is 4.98 Å². The van der Waals surface area contributed by atoms with Gasteiger partial charge < -0.3 is 10.2 Å². The van der Waals surface area contributed by atoms with Crippen LogP contribution in [0.3, 0.4) is 0 Å². The molecule has 0 bridgehead atoms. The molecule has 0 saturated carbocycles. The average molecular weight is 267 g/mol. The van der Waals surface area contributed by atoms with E-state index in [-0.39, 0.29) is 17.0 Å². The number of nitrogens with zero attached hydrogens (tertiary/aromatic N) is 3. The van der Waals surface area contributed by atoms with Gasteiger partial charge in [0.2, 0.25) is 5.91 Å². The number of rotatable bonds is 4. The first kappa shape index (κ1) is 14.3. The molecule has 6 heteroatoms. The second kappa shape index (κ2) is 6.22. The minimum atomic E-state index is -0.175. The highest BCUT2D eigenvalue weighted by atomic mass is 35.5. The number of pyridine rings is 1. The smallest absolute Gasteiger partial charge is 0.224 e. The summed E-state index contributed by atoms with van der Waals surface area (Å²) in [6.45, 7) is 2.32. The van der Waals surface area contributed by atoms with Crippen molar-refractivity contribution < 1.29 is 4.79 Å². The van der Waals surface area contributed by atoms with Crippen LogP contribution >= 0.6 is 11.6 Å². The van der Waals surface area contributed by atoms with E-state index in [0.29, 0.717) is 17.9 Å². The Bertz CT molecular complexity index is 483. The molecule has 0 fully saturated rings. The van der Waals surface area contributed by atoms with Gasteiger partial charge in [-0.05, 0) is 12.1 Å². The summed E-state index contributed by atoms with van der Waals surface area (Å²) in [5.41, 5.74) is 0.449. The summed E-state index contributed by atoms with van der Waals surface area (Å²) in [6.07, 6.45) is 0. The molecule has 0 aliphatic rings. The monoisotopic (exact) mass is 266 g/mol. The Kier molecular flexibility index (Phi) is 4.93. The second-order valence-corrected chi connectivity index (χ2v) is 4.43. The van der Waals surface area contributed by atoms with Gasteiger partial charge in [0.1, 0.15) is 11.0 Å². The Labute approximate surface area is 111 Å². The highest BCUT2D eigenvalue weighted by Crippen LogP contribution is 2.17. The molecule has 1 unspecified atom stereocenters. The summed E-state index contributed by atoms with van der Waals surface area (Å²) in [5.74, 6) is 0.366. The molecule has 1 rings (SSSR count). The molecular formula is C12H15ClN4O. The van der Waals surface area contributed by atoms with Crippen LogP contribution in [0.1, 0.15) is 12.5 Å². The third-order valence-corrected chi connectivity index (χ3v) is 2.74. The zero-order valence-corrected chi connectivity index (χ0v) is 11.3. The first-order valence-electron chi connectivity index (χ1n) is 5.48. The zero-order chi connectivity index (χ0) is 13.7. The summed E-state index contributed by atoms with van der Waals surface area (Å²) >= 11 is 5.83. The minimum absolute atomic E-state index is 0.0376. The first-order chi connectivity index (χ1) is 8.47.